The Labute approximate surface area is 199 Å². The second-order valence-electron chi connectivity index (χ2n) is 6.79. The third-order valence-corrected chi connectivity index (χ3v) is 4.48. The molecule has 9 heteroatoms. The first-order valence-electron chi connectivity index (χ1n) is 9.86. The molecule has 0 aliphatic carbocycles. The molecule has 0 aliphatic heterocycles. The Kier molecular flexibility index (Phi) is 9.95. The molecule has 0 saturated heterocycles. The van der Waals surface area contributed by atoms with Gasteiger partial charge in [0.1, 0.15) is 5.82 Å². The van der Waals surface area contributed by atoms with Crippen molar-refractivity contribution in [1.29, 1.82) is 0 Å². The van der Waals surface area contributed by atoms with Gasteiger partial charge < -0.3 is 16.0 Å². The fourth-order valence-corrected chi connectivity index (χ4v) is 2.96. The lowest BCUT2D eigenvalue weighted by molar-refractivity contribution is -0.116. The molecule has 0 saturated carbocycles. The highest BCUT2D eigenvalue weighted by atomic mass is 127. The van der Waals surface area contributed by atoms with Gasteiger partial charge in [-0.05, 0) is 36.2 Å². The average molecular weight is 533 g/mol. The Balaban J connectivity index is 0.00000341. The number of hydrogen-bond donors (Lipinski definition) is 3. The van der Waals surface area contributed by atoms with Gasteiger partial charge in [-0.2, -0.15) is 5.10 Å². The number of aliphatic imine (C=N–C) groups is 1. The van der Waals surface area contributed by atoms with Crippen LogP contribution in [0.15, 0.2) is 65.9 Å². The van der Waals surface area contributed by atoms with E-state index in [1.165, 1.54) is 11.1 Å². The molecule has 0 fully saturated rings. The van der Waals surface area contributed by atoms with Crippen molar-refractivity contribution >= 4 is 41.7 Å². The van der Waals surface area contributed by atoms with Crippen LogP contribution in [0, 0.1) is 6.92 Å². The van der Waals surface area contributed by atoms with Crippen LogP contribution >= 0.6 is 24.0 Å². The van der Waals surface area contributed by atoms with Crippen LogP contribution < -0.4 is 16.0 Å². The van der Waals surface area contributed by atoms with Crippen LogP contribution in [0.3, 0.4) is 0 Å². The quantitative estimate of drug-likeness (QED) is 0.235. The van der Waals surface area contributed by atoms with Crippen molar-refractivity contribution in [3.8, 4) is 0 Å². The fraction of sp³-hybridized carbons (Fsp3) is 0.273. The Bertz CT molecular complexity index is 989. The summed E-state index contributed by atoms with van der Waals surface area (Å²) in [6.07, 6.45) is 4.03. The van der Waals surface area contributed by atoms with Crippen molar-refractivity contribution in [2.75, 3.05) is 18.9 Å². The molecule has 0 spiro atoms. The number of carbonyl (C=O) groups excluding carboxylic acids is 1. The number of hydrogen-bond acceptors (Lipinski definition) is 4. The van der Waals surface area contributed by atoms with Crippen LogP contribution in [0.2, 0.25) is 0 Å². The number of anilines is 1. The normalized spacial score (nSPS) is 10.8. The lowest BCUT2D eigenvalue weighted by atomic mass is 10.1. The van der Waals surface area contributed by atoms with Crippen molar-refractivity contribution in [2.45, 2.75) is 26.4 Å². The van der Waals surface area contributed by atoms with Crippen LogP contribution in [-0.2, 0) is 17.9 Å². The standard InChI is InChI=1S/C22H27N7O.HI/c1-17-7-5-10-20(27-17)28-21(30)11-13-24-22(23-2)25-15-18-8-3-4-9-19(18)16-29-14-6-12-26-29;/h3-10,12,14H,11,13,15-16H2,1-2H3,(H2,23,24,25)(H,27,28,30);1H. The van der Waals surface area contributed by atoms with E-state index in [4.69, 9.17) is 0 Å². The number of pyridine rings is 1. The minimum Gasteiger partial charge on any atom is -0.356 e. The fourth-order valence-electron chi connectivity index (χ4n) is 2.96. The molecule has 3 aromatic rings. The second-order valence-corrected chi connectivity index (χ2v) is 6.79. The van der Waals surface area contributed by atoms with Gasteiger partial charge in [-0.25, -0.2) is 4.98 Å². The summed E-state index contributed by atoms with van der Waals surface area (Å²) in [6, 6.07) is 15.7. The van der Waals surface area contributed by atoms with E-state index in [1.54, 1.807) is 19.3 Å². The minimum atomic E-state index is -0.0966. The first-order valence-corrected chi connectivity index (χ1v) is 9.86. The van der Waals surface area contributed by atoms with Crippen LogP contribution in [0.25, 0.3) is 0 Å². The zero-order valence-electron chi connectivity index (χ0n) is 17.7. The molecular formula is C22H28IN7O. The molecule has 3 N–H and O–H groups in total. The number of halogens is 1. The molecule has 1 amide bonds. The molecule has 0 bridgehead atoms. The molecule has 1 aromatic carbocycles. The second kappa shape index (κ2) is 12.7. The van der Waals surface area contributed by atoms with Crippen molar-refractivity contribution in [3.63, 3.8) is 0 Å². The topological polar surface area (TPSA) is 96.2 Å². The minimum absolute atomic E-state index is 0. The number of carbonyl (C=O) groups is 1. The number of nitrogens with one attached hydrogen (secondary N) is 3. The summed E-state index contributed by atoms with van der Waals surface area (Å²) in [4.78, 5) is 20.6. The first-order chi connectivity index (χ1) is 14.6. The molecule has 0 radical (unpaired) electrons. The van der Waals surface area contributed by atoms with Gasteiger partial charge >= 0.3 is 0 Å². The molecule has 31 heavy (non-hydrogen) atoms. The third kappa shape index (κ3) is 8.00. The summed E-state index contributed by atoms with van der Waals surface area (Å²) >= 11 is 0. The maximum atomic E-state index is 12.1. The van der Waals surface area contributed by atoms with E-state index in [2.05, 4.69) is 43.2 Å². The maximum Gasteiger partial charge on any atom is 0.227 e. The number of aromatic nitrogens is 3. The van der Waals surface area contributed by atoms with E-state index < -0.39 is 0 Å². The number of aryl methyl sites for hydroxylation is 1. The van der Waals surface area contributed by atoms with Crippen molar-refractivity contribution in [2.24, 2.45) is 4.99 Å². The molecular weight excluding hydrogens is 505 g/mol. The predicted molar refractivity (Wildman–Crippen MR) is 134 cm³/mol. The molecule has 0 atom stereocenters. The Hall–Kier alpha value is -2.95. The van der Waals surface area contributed by atoms with E-state index in [0.717, 1.165) is 5.69 Å². The van der Waals surface area contributed by atoms with Gasteiger partial charge in [-0.15, -0.1) is 24.0 Å². The molecule has 164 valence electrons. The first kappa shape index (κ1) is 24.3. The summed E-state index contributed by atoms with van der Waals surface area (Å²) < 4.78 is 1.90. The maximum absolute atomic E-state index is 12.1. The Morgan fingerprint density at radius 3 is 2.58 bits per heavy atom. The van der Waals surface area contributed by atoms with E-state index in [9.17, 15) is 4.79 Å². The molecule has 0 unspecified atom stereocenters. The largest absolute Gasteiger partial charge is 0.356 e. The Morgan fingerprint density at radius 2 is 1.87 bits per heavy atom. The van der Waals surface area contributed by atoms with Crippen LogP contribution in [0.5, 0.6) is 0 Å². The van der Waals surface area contributed by atoms with Gasteiger partial charge in [-0.3, -0.25) is 14.5 Å². The molecule has 2 aromatic heterocycles. The number of rotatable bonds is 8. The smallest absolute Gasteiger partial charge is 0.227 e. The van der Waals surface area contributed by atoms with Crippen molar-refractivity contribution < 1.29 is 4.79 Å². The Morgan fingerprint density at radius 1 is 1.06 bits per heavy atom. The van der Waals surface area contributed by atoms with Gasteiger partial charge in [-0.1, -0.05) is 30.3 Å². The number of guanidine groups is 1. The highest BCUT2D eigenvalue weighted by Crippen LogP contribution is 2.10. The van der Waals surface area contributed by atoms with Crippen molar-refractivity contribution in [3.05, 3.63) is 77.7 Å². The summed E-state index contributed by atoms with van der Waals surface area (Å²) in [7, 11) is 1.71. The van der Waals surface area contributed by atoms with Crippen LogP contribution in [-0.4, -0.2) is 40.2 Å². The number of nitrogens with zero attached hydrogens (tertiary/aromatic N) is 4. The highest BCUT2D eigenvalue weighted by molar-refractivity contribution is 14.0. The van der Waals surface area contributed by atoms with E-state index in [0.29, 0.717) is 37.8 Å². The summed E-state index contributed by atoms with van der Waals surface area (Å²) in [5.41, 5.74) is 3.22. The summed E-state index contributed by atoms with van der Waals surface area (Å²) in [6.45, 7) is 3.69. The zero-order valence-corrected chi connectivity index (χ0v) is 20.0. The predicted octanol–water partition coefficient (Wildman–Crippen LogP) is 2.95. The van der Waals surface area contributed by atoms with Crippen LogP contribution in [0.4, 0.5) is 5.82 Å². The summed E-state index contributed by atoms with van der Waals surface area (Å²) in [5.74, 6) is 1.11. The molecule has 0 aliphatic rings. The van der Waals surface area contributed by atoms with Crippen molar-refractivity contribution in [1.82, 2.24) is 25.4 Å². The molecule has 2 heterocycles. The lowest BCUT2D eigenvalue weighted by Gasteiger charge is -2.14. The lowest BCUT2D eigenvalue weighted by Crippen LogP contribution is -2.38. The number of amides is 1. The molecule has 3 rings (SSSR count). The van der Waals surface area contributed by atoms with Gasteiger partial charge in [0.05, 0.1) is 6.54 Å². The SMILES string of the molecule is CN=C(NCCC(=O)Nc1cccc(C)n1)NCc1ccccc1Cn1cccn1.I. The van der Waals surface area contributed by atoms with Crippen LogP contribution in [0.1, 0.15) is 23.2 Å². The average Bonchev–Trinajstić information content (AvgIpc) is 3.24. The third-order valence-electron chi connectivity index (χ3n) is 4.48. The van der Waals surface area contributed by atoms with Gasteiger partial charge in [0.2, 0.25) is 5.91 Å². The van der Waals surface area contributed by atoms with E-state index in [-0.39, 0.29) is 29.9 Å². The summed E-state index contributed by atoms with van der Waals surface area (Å²) in [5, 5.41) is 13.6. The van der Waals surface area contributed by atoms with E-state index in [1.807, 2.05) is 48.1 Å². The van der Waals surface area contributed by atoms with E-state index >= 15 is 0 Å². The highest BCUT2D eigenvalue weighted by Gasteiger charge is 2.07. The van der Waals surface area contributed by atoms with Gasteiger partial charge in [0, 0.05) is 44.6 Å². The van der Waals surface area contributed by atoms with Gasteiger partial charge in [0.15, 0.2) is 5.96 Å². The molecule has 8 nitrogen and oxygen atoms in total. The monoisotopic (exact) mass is 533 g/mol. The van der Waals surface area contributed by atoms with Gasteiger partial charge in [0.25, 0.3) is 0 Å². The zero-order chi connectivity index (χ0) is 21.2. The number of benzene rings is 1.